The van der Waals surface area contributed by atoms with Crippen LogP contribution in [0.2, 0.25) is 0 Å². The van der Waals surface area contributed by atoms with Crippen LogP contribution in [0.25, 0.3) is 6.08 Å². The smallest absolute Gasteiger partial charge is 0.185 e. The molecule has 4 heteroatoms. The van der Waals surface area contributed by atoms with Gasteiger partial charge < -0.3 is 14.7 Å². The normalized spacial score (nSPS) is 10.7. The number of rotatable bonds is 5. The molecule has 0 aliphatic rings. The third-order valence-electron chi connectivity index (χ3n) is 3.30. The van der Waals surface area contributed by atoms with Crippen LogP contribution in [0.15, 0.2) is 48.5 Å². The van der Waals surface area contributed by atoms with Crippen LogP contribution < -0.4 is 9.64 Å². The van der Waals surface area contributed by atoms with Crippen molar-refractivity contribution >= 4 is 17.5 Å². The first-order valence-corrected chi connectivity index (χ1v) is 6.88. The molecule has 0 radical (unpaired) electrons. The van der Waals surface area contributed by atoms with Crippen molar-refractivity contribution in [2.75, 3.05) is 26.1 Å². The lowest BCUT2D eigenvalue weighted by molar-refractivity contribution is 0.104. The van der Waals surface area contributed by atoms with Crippen LogP contribution in [0, 0.1) is 0 Å². The van der Waals surface area contributed by atoms with Crippen molar-refractivity contribution in [2.24, 2.45) is 0 Å². The van der Waals surface area contributed by atoms with E-state index in [0.717, 1.165) is 11.3 Å². The predicted octanol–water partition coefficient (Wildman–Crippen LogP) is 3.36. The fourth-order valence-electron chi connectivity index (χ4n) is 1.98. The van der Waals surface area contributed by atoms with Crippen molar-refractivity contribution in [3.63, 3.8) is 0 Å². The highest BCUT2D eigenvalue weighted by Crippen LogP contribution is 2.26. The molecule has 0 aromatic heterocycles. The average molecular weight is 297 g/mol. The van der Waals surface area contributed by atoms with Gasteiger partial charge in [-0.3, -0.25) is 4.79 Å². The number of carbonyl (C=O) groups is 1. The van der Waals surface area contributed by atoms with E-state index in [2.05, 4.69) is 0 Å². The predicted molar refractivity (Wildman–Crippen MR) is 88.8 cm³/mol. The Labute approximate surface area is 130 Å². The number of benzene rings is 2. The minimum absolute atomic E-state index is 0.0160. The summed E-state index contributed by atoms with van der Waals surface area (Å²) in [6.45, 7) is 0. The molecule has 114 valence electrons. The lowest BCUT2D eigenvalue weighted by Gasteiger charge is -2.11. The second-order valence-corrected chi connectivity index (χ2v) is 5.07. The molecular formula is C18H19NO3. The molecule has 2 aromatic carbocycles. The zero-order chi connectivity index (χ0) is 16.1. The maximum atomic E-state index is 12.1. The van der Waals surface area contributed by atoms with Crippen LogP contribution >= 0.6 is 0 Å². The van der Waals surface area contributed by atoms with Gasteiger partial charge in [-0.2, -0.15) is 0 Å². The molecule has 0 aliphatic heterocycles. The summed E-state index contributed by atoms with van der Waals surface area (Å²) in [5, 5.41) is 9.54. The zero-order valence-corrected chi connectivity index (χ0v) is 12.9. The number of anilines is 1. The molecule has 0 aliphatic carbocycles. The molecule has 0 unspecified atom stereocenters. The molecule has 0 bridgehead atoms. The van der Waals surface area contributed by atoms with Crippen LogP contribution in [0.3, 0.4) is 0 Å². The number of carbonyl (C=O) groups excluding carboxylic acids is 1. The molecule has 1 N–H and O–H groups in total. The molecule has 0 amide bonds. The van der Waals surface area contributed by atoms with Crippen LogP contribution in [0.5, 0.6) is 11.5 Å². The topological polar surface area (TPSA) is 49.8 Å². The molecule has 0 atom stereocenters. The molecule has 0 fully saturated rings. The maximum absolute atomic E-state index is 12.1. The van der Waals surface area contributed by atoms with E-state index in [1.807, 2.05) is 43.3 Å². The molecular weight excluding hydrogens is 278 g/mol. The maximum Gasteiger partial charge on any atom is 0.185 e. The number of ketones is 1. The third kappa shape index (κ3) is 3.67. The molecule has 0 saturated carbocycles. The van der Waals surface area contributed by atoms with Gasteiger partial charge in [0.15, 0.2) is 17.3 Å². The molecule has 0 spiro atoms. The summed E-state index contributed by atoms with van der Waals surface area (Å²) in [5.74, 6) is 0.159. The third-order valence-corrected chi connectivity index (χ3v) is 3.30. The van der Waals surface area contributed by atoms with E-state index in [-0.39, 0.29) is 17.3 Å². The van der Waals surface area contributed by atoms with Gasteiger partial charge in [0.2, 0.25) is 0 Å². The number of nitrogens with zero attached hydrogens (tertiary/aromatic N) is 1. The SMILES string of the molecule is COc1cc(C(=O)/C=C/c2ccc(N(C)C)cc2)ccc1O. The summed E-state index contributed by atoms with van der Waals surface area (Å²) < 4.78 is 5.00. The van der Waals surface area contributed by atoms with Gasteiger partial charge in [0.1, 0.15) is 0 Å². The van der Waals surface area contributed by atoms with Gasteiger partial charge in [-0.25, -0.2) is 0 Å². The number of methoxy groups -OCH3 is 1. The number of aromatic hydroxyl groups is 1. The second kappa shape index (κ2) is 6.80. The summed E-state index contributed by atoms with van der Waals surface area (Å²) in [4.78, 5) is 14.2. The zero-order valence-electron chi connectivity index (χ0n) is 12.9. The van der Waals surface area contributed by atoms with Crippen molar-refractivity contribution in [3.8, 4) is 11.5 Å². The average Bonchev–Trinajstić information content (AvgIpc) is 2.53. The van der Waals surface area contributed by atoms with E-state index in [4.69, 9.17) is 4.74 Å². The standard InChI is InChI=1S/C18H19NO3/c1-19(2)15-8-4-13(5-9-15)6-10-16(20)14-7-11-17(21)18(12-14)22-3/h4-12,21H,1-3H3/b10-6+. The van der Waals surface area contributed by atoms with E-state index in [1.54, 1.807) is 12.1 Å². The van der Waals surface area contributed by atoms with Gasteiger partial charge in [-0.15, -0.1) is 0 Å². The van der Waals surface area contributed by atoms with Gasteiger partial charge in [-0.05, 0) is 42.0 Å². The Morgan fingerprint density at radius 1 is 1.14 bits per heavy atom. The minimum atomic E-state index is -0.144. The number of hydrogen-bond acceptors (Lipinski definition) is 4. The lowest BCUT2D eigenvalue weighted by Crippen LogP contribution is -2.07. The Morgan fingerprint density at radius 3 is 2.41 bits per heavy atom. The van der Waals surface area contributed by atoms with Gasteiger partial charge in [0.25, 0.3) is 0 Å². The van der Waals surface area contributed by atoms with E-state index < -0.39 is 0 Å². The highest BCUT2D eigenvalue weighted by atomic mass is 16.5. The van der Waals surface area contributed by atoms with Crippen molar-refractivity contribution in [1.29, 1.82) is 0 Å². The van der Waals surface area contributed by atoms with Crippen molar-refractivity contribution in [2.45, 2.75) is 0 Å². The van der Waals surface area contributed by atoms with E-state index in [0.29, 0.717) is 5.56 Å². The Morgan fingerprint density at radius 2 is 1.82 bits per heavy atom. The summed E-state index contributed by atoms with van der Waals surface area (Å²) in [7, 11) is 5.41. The second-order valence-electron chi connectivity index (χ2n) is 5.07. The highest BCUT2D eigenvalue weighted by molar-refractivity contribution is 6.07. The Bertz CT molecular complexity index is 688. The van der Waals surface area contributed by atoms with Crippen molar-refractivity contribution in [1.82, 2.24) is 0 Å². The molecule has 22 heavy (non-hydrogen) atoms. The first-order valence-electron chi connectivity index (χ1n) is 6.88. The van der Waals surface area contributed by atoms with E-state index in [9.17, 15) is 9.90 Å². The number of phenols is 1. The lowest BCUT2D eigenvalue weighted by atomic mass is 10.1. The van der Waals surface area contributed by atoms with Gasteiger partial charge in [0.05, 0.1) is 7.11 Å². The summed E-state index contributed by atoms with van der Waals surface area (Å²) >= 11 is 0. The van der Waals surface area contributed by atoms with Crippen LogP contribution in [0.1, 0.15) is 15.9 Å². The van der Waals surface area contributed by atoms with Gasteiger partial charge in [0, 0.05) is 25.3 Å². The Kier molecular flexibility index (Phi) is 4.84. The number of ether oxygens (including phenoxy) is 1. The summed E-state index contributed by atoms with van der Waals surface area (Å²) in [5.41, 5.74) is 2.52. The largest absolute Gasteiger partial charge is 0.504 e. The molecule has 0 heterocycles. The molecule has 4 nitrogen and oxygen atoms in total. The fraction of sp³-hybridized carbons (Fsp3) is 0.167. The summed E-state index contributed by atoms with van der Waals surface area (Å²) in [6.07, 6.45) is 3.28. The van der Waals surface area contributed by atoms with Gasteiger partial charge in [-0.1, -0.05) is 18.2 Å². The quantitative estimate of drug-likeness (QED) is 0.679. The molecule has 0 saturated heterocycles. The highest BCUT2D eigenvalue weighted by Gasteiger charge is 2.07. The fourth-order valence-corrected chi connectivity index (χ4v) is 1.98. The summed E-state index contributed by atoms with van der Waals surface area (Å²) in [6, 6.07) is 12.4. The Hall–Kier alpha value is -2.75. The van der Waals surface area contributed by atoms with Crippen molar-refractivity contribution < 1.29 is 14.6 Å². The number of hydrogen-bond donors (Lipinski definition) is 1. The van der Waals surface area contributed by atoms with Crippen molar-refractivity contribution in [3.05, 3.63) is 59.7 Å². The first-order chi connectivity index (χ1) is 10.5. The van der Waals surface area contributed by atoms with Crippen LogP contribution in [0.4, 0.5) is 5.69 Å². The number of phenolic OH excluding ortho intramolecular Hbond substituents is 1. The monoisotopic (exact) mass is 297 g/mol. The van der Waals surface area contributed by atoms with E-state index >= 15 is 0 Å². The first kappa shape index (κ1) is 15.6. The molecule has 2 rings (SSSR count). The van der Waals surface area contributed by atoms with Gasteiger partial charge >= 0.3 is 0 Å². The van der Waals surface area contributed by atoms with Crippen LogP contribution in [-0.2, 0) is 0 Å². The Balaban J connectivity index is 2.14. The molecule has 2 aromatic rings. The van der Waals surface area contributed by atoms with E-state index in [1.165, 1.54) is 25.3 Å². The number of allylic oxidation sites excluding steroid dienone is 1. The van der Waals surface area contributed by atoms with Crippen LogP contribution in [-0.4, -0.2) is 32.1 Å². The minimum Gasteiger partial charge on any atom is -0.504 e.